The Bertz CT molecular complexity index is 1440. The first kappa shape index (κ1) is 22.0. The van der Waals surface area contributed by atoms with Crippen molar-refractivity contribution in [3.63, 3.8) is 0 Å². The van der Waals surface area contributed by atoms with Gasteiger partial charge < -0.3 is 9.84 Å². The third-order valence-corrected chi connectivity index (χ3v) is 6.75. The van der Waals surface area contributed by atoms with Crippen molar-refractivity contribution in [2.45, 2.75) is 32.2 Å². The van der Waals surface area contributed by atoms with E-state index >= 15 is 0 Å². The molecule has 3 aromatic carbocycles. The highest BCUT2D eigenvalue weighted by molar-refractivity contribution is 8.00. The maximum absolute atomic E-state index is 5.38. The topological polar surface area (TPSA) is 63.0 Å². The molecule has 0 radical (unpaired) electrons. The van der Waals surface area contributed by atoms with Gasteiger partial charge in [-0.05, 0) is 67.6 Å². The van der Waals surface area contributed by atoms with Gasteiger partial charge in [-0.15, -0.1) is 0 Å². The number of para-hydroxylation sites is 1. The Labute approximate surface area is 203 Å². The Kier molecular flexibility index (Phi) is 6.23. The van der Waals surface area contributed by atoms with Gasteiger partial charge in [-0.25, -0.2) is 0 Å². The summed E-state index contributed by atoms with van der Waals surface area (Å²) in [6, 6.07) is 27.4. The second-order valence-electron chi connectivity index (χ2n) is 8.30. The fourth-order valence-corrected chi connectivity index (χ4v) is 4.69. The van der Waals surface area contributed by atoms with Gasteiger partial charge in [0.25, 0.3) is 0 Å². The normalized spacial score (nSPS) is 11.0. The molecular formula is C28H26N4OS. The summed E-state index contributed by atoms with van der Waals surface area (Å²) in [4.78, 5) is 5.75. The standard InChI is InChI=1S/C28H26N4OS/c1-18-16-26(24-9-4-6-10-25(24)30-18)29-17-21-12-14-22(15-13-21)23-8-5-7-11-27(23)34-32-28-19(2)20(3)31-33-28/h4-16,32H,17H2,1-3H3,(H,29,30). The van der Waals surface area contributed by atoms with E-state index in [0.717, 1.165) is 45.0 Å². The van der Waals surface area contributed by atoms with Crippen LogP contribution in [-0.2, 0) is 6.54 Å². The van der Waals surface area contributed by atoms with Crippen LogP contribution in [0.25, 0.3) is 22.0 Å². The number of aryl methyl sites for hydroxylation is 2. The Balaban J connectivity index is 1.31. The number of nitrogens with one attached hydrogen (secondary N) is 2. The lowest BCUT2D eigenvalue weighted by molar-refractivity contribution is 0.431. The van der Waals surface area contributed by atoms with Crippen molar-refractivity contribution in [1.29, 1.82) is 0 Å². The predicted octanol–water partition coefficient (Wildman–Crippen LogP) is 7.55. The molecule has 2 heterocycles. The van der Waals surface area contributed by atoms with Crippen molar-refractivity contribution in [3.8, 4) is 11.1 Å². The van der Waals surface area contributed by atoms with E-state index in [-0.39, 0.29) is 0 Å². The van der Waals surface area contributed by atoms with Gasteiger partial charge in [-0.2, -0.15) is 0 Å². The molecule has 0 aliphatic heterocycles. The van der Waals surface area contributed by atoms with Crippen LogP contribution < -0.4 is 10.0 Å². The van der Waals surface area contributed by atoms with Gasteiger partial charge >= 0.3 is 0 Å². The van der Waals surface area contributed by atoms with E-state index in [0.29, 0.717) is 5.88 Å². The molecule has 0 spiro atoms. The highest BCUT2D eigenvalue weighted by atomic mass is 32.2. The number of fused-ring (bicyclic) bond motifs is 1. The minimum Gasteiger partial charge on any atom is -0.380 e. The molecule has 0 amide bonds. The second kappa shape index (κ2) is 9.61. The third kappa shape index (κ3) is 4.63. The second-order valence-corrected chi connectivity index (χ2v) is 9.15. The first-order valence-electron chi connectivity index (χ1n) is 11.2. The highest BCUT2D eigenvalue weighted by Gasteiger charge is 2.11. The molecular weight excluding hydrogens is 440 g/mol. The first-order chi connectivity index (χ1) is 16.6. The zero-order valence-corrected chi connectivity index (χ0v) is 20.2. The van der Waals surface area contributed by atoms with Crippen LogP contribution in [0, 0.1) is 20.8 Å². The van der Waals surface area contributed by atoms with E-state index in [1.165, 1.54) is 28.6 Å². The van der Waals surface area contributed by atoms with E-state index < -0.39 is 0 Å². The number of aromatic nitrogens is 2. The largest absolute Gasteiger partial charge is 0.380 e. The quantitative estimate of drug-likeness (QED) is 0.242. The maximum atomic E-state index is 5.38. The van der Waals surface area contributed by atoms with Crippen LogP contribution in [0.4, 0.5) is 11.6 Å². The zero-order valence-electron chi connectivity index (χ0n) is 19.4. The Morgan fingerprint density at radius 3 is 2.44 bits per heavy atom. The molecule has 2 N–H and O–H groups in total. The van der Waals surface area contributed by atoms with Gasteiger partial charge in [0, 0.05) is 33.8 Å². The number of hydrogen-bond donors (Lipinski definition) is 2. The summed E-state index contributed by atoms with van der Waals surface area (Å²) in [7, 11) is 0. The predicted molar refractivity (Wildman–Crippen MR) is 141 cm³/mol. The molecule has 0 unspecified atom stereocenters. The zero-order chi connectivity index (χ0) is 23.5. The summed E-state index contributed by atoms with van der Waals surface area (Å²) < 4.78 is 8.68. The average Bonchev–Trinajstić information content (AvgIpc) is 3.19. The fourth-order valence-electron chi connectivity index (χ4n) is 3.86. The van der Waals surface area contributed by atoms with Crippen LogP contribution in [0.15, 0.2) is 88.3 Å². The number of benzene rings is 3. The minimum atomic E-state index is 0.692. The van der Waals surface area contributed by atoms with E-state index in [2.05, 4.69) is 86.9 Å². The molecule has 0 bridgehead atoms. The van der Waals surface area contributed by atoms with Crippen LogP contribution in [0.5, 0.6) is 0 Å². The first-order valence-corrected chi connectivity index (χ1v) is 12.0. The smallest absolute Gasteiger partial charge is 0.237 e. The van der Waals surface area contributed by atoms with Gasteiger partial charge in [-0.1, -0.05) is 65.8 Å². The van der Waals surface area contributed by atoms with Crippen molar-refractivity contribution in [2.24, 2.45) is 0 Å². The molecule has 0 aliphatic carbocycles. The van der Waals surface area contributed by atoms with Crippen LogP contribution in [0.1, 0.15) is 22.5 Å². The number of rotatable bonds is 7. The van der Waals surface area contributed by atoms with Gasteiger partial charge in [0.05, 0.1) is 11.2 Å². The van der Waals surface area contributed by atoms with Gasteiger partial charge in [-0.3, -0.25) is 9.71 Å². The van der Waals surface area contributed by atoms with Crippen LogP contribution in [0.2, 0.25) is 0 Å². The van der Waals surface area contributed by atoms with E-state index in [4.69, 9.17) is 4.52 Å². The van der Waals surface area contributed by atoms with Crippen molar-refractivity contribution >= 4 is 34.4 Å². The Morgan fingerprint density at radius 2 is 1.65 bits per heavy atom. The number of nitrogens with zero attached hydrogens (tertiary/aromatic N) is 2. The number of pyridine rings is 1. The molecule has 34 heavy (non-hydrogen) atoms. The molecule has 0 saturated carbocycles. The molecule has 170 valence electrons. The minimum absolute atomic E-state index is 0.692. The lowest BCUT2D eigenvalue weighted by Crippen LogP contribution is -2.01. The summed E-state index contributed by atoms with van der Waals surface area (Å²) in [5.41, 5.74) is 8.62. The summed E-state index contributed by atoms with van der Waals surface area (Å²) in [5, 5.41) is 8.75. The molecule has 0 fully saturated rings. The van der Waals surface area contributed by atoms with E-state index in [9.17, 15) is 0 Å². The van der Waals surface area contributed by atoms with Crippen molar-refractivity contribution in [1.82, 2.24) is 10.1 Å². The van der Waals surface area contributed by atoms with Crippen molar-refractivity contribution in [2.75, 3.05) is 10.0 Å². The lowest BCUT2D eigenvalue weighted by atomic mass is 10.0. The van der Waals surface area contributed by atoms with Gasteiger partial charge in [0.2, 0.25) is 5.88 Å². The average molecular weight is 467 g/mol. The van der Waals surface area contributed by atoms with E-state index in [1.54, 1.807) is 0 Å². The monoisotopic (exact) mass is 466 g/mol. The molecule has 0 aliphatic rings. The summed E-state index contributed by atoms with van der Waals surface area (Å²) in [6.45, 7) is 6.72. The summed E-state index contributed by atoms with van der Waals surface area (Å²) in [6.07, 6.45) is 0. The van der Waals surface area contributed by atoms with E-state index in [1.807, 2.05) is 32.9 Å². The molecule has 5 nitrogen and oxygen atoms in total. The Morgan fingerprint density at radius 1 is 0.882 bits per heavy atom. The summed E-state index contributed by atoms with van der Waals surface area (Å²) >= 11 is 1.53. The lowest BCUT2D eigenvalue weighted by Gasteiger charge is -2.12. The molecule has 5 aromatic rings. The summed E-state index contributed by atoms with van der Waals surface area (Å²) in [5.74, 6) is 0.692. The molecule has 5 rings (SSSR count). The SMILES string of the molecule is Cc1cc(NCc2ccc(-c3ccccc3SNc3onc(C)c3C)cc2)c2ccccc2n1. The Hall–Kier alpha value is -3.77. The van der Waals surface area contributed by atoms with Gasteiger partial charge in [0.1, 0.15) is 0 Å². The number of anilines is 2. The highest BCUT2D eigenvalue weighted by Crippen LogP contribution is 2.33. The third-order valence-electron chi connectivity index (χ3n) is 5.89. The number of hydrogen-bond acceptors (Lipinski definition) is 6. The fraction of sp³-hybridized carbons (Fsp3) is 0.143. The van der Waals surface area contributed by atoms with Crippen LogP contribution >= 0.6 is 11.9 Å². The van der Waals surface area contributed by atoms with Crippen molar-refractivity contribution in [3.05, 3.63) is 101 Å². The molecule has 6 heteroatoms. The molecule has 0 atom stereocenters. The maximum Gasteiger partial charge on any atom is 0.237 e. The van der Waals surface area contributed by atoms with Crippen molar-refractivity contribution < 1.29 is 4.52 Å². The van der Waals surface area contributed by atoms with Gasteiger partial charge in [0.15, 0.2) is 0 Å². The van der Waals surface area contributed by atoms with Crippen LogP contribution in [0.3, 0.4) is 0 Å². The van der Waals surface area contributed by atoms with Crippen LogP contribution in [-0.4, -0.2) is 10.1 Å². The molecule has 2 aromatic heterocycles. The molecule has 0 saturated heterocycles.